The van der Waals surface area contributed by atoms with E-state index in [1.165, 1.54) is 0 Å². The van der Waals surface area contributed by atoms with Crippen molar-refractivity contribution in [2.24, 2.45) is 10.5 Å². The number of fused-ring (bicyclic) bond motifs is 5. The van der Waals surface area contributed by atoms with Gasteiger partial charge < -0.3 is 0 Å². The van der Waals surface area contributed by atoms with Crippen molar-refractivity contribution in [1.29, 1.82) is 0 Å². The maximum atomic E-state index is 14.6. The van der Waals surface area contributed by atoms with E-state index in [-0.39, 0.29) is 17.3 Å². The van der Waals surface area contributed by atoms with Crippen molar-refractivity contribution >= 4 is 39.5 Å². The number of Topliss-reactive ketones (excluding diaryl/α,β-unsaturated/α-hetero) is 3. The first-order chi connectivity index (χ1) is 18.5. The maximum Gasteiger partial charge on any atom is 0.187 e. The number of hydrazone groups is 1. The van der Waals surface area contributed by atoms with E-state index in [2.05, 4.69) is 15.9 Å². The molecular weight excluding hydrogens is 540 g/mol. The number of hydrogen-bond donors (Lipinski definition) is 0. The zero-order chi connectivity index (χ0) is 26.0. The fourth-order valence-electron chi connectivity index (χ4n) is 6.59. The SMILES string of the molecule is O=C(c1ccccc1)[C@H]1[C@H](c2ccc(Br)cc2)C2(C(=O)c3ccccc3C2=O)[C@@H]2c3ccccc3C=NN21. The van der Waals surface area contributed by atoms with E-state index in [9.17, 15) is 14.4 Å². The fourth-order valence-corrected chi connectivity index (χ4v) is 6.86. The minimum atomic E-state index is -1.56. The standard InChI is InChI=1S/C32H21BrN2O3/c33-22-16-14-19(15-17-22)26-27(28(36)20-8-2-1-3-9-20)35-29(23-11-5-4-10-21(23)18-34-35)32(26)30(37)24-12-6-7-13-25(24)31(32)38/h1-18,26-27,29H/t26-,27+,29-/m0/s1. The molecule has 1 aliphatic carbocycles. The van der Waals surface area contributed by atoms with Crippen LogP contribution in [0.15, 0.2) is 113 Å². The van der Waals surface area contributed by atoms with Gasteiger partial charge in [-0.05, 0) is 28.8 Å². The Labute approximate surface area is 227 Å². The summed E-state index contributed by atoms with van der Waals surface area (Å²) >= 11 is 3.50. The molecule has 2 aliphatic heterocycles. The van der Waals surface area contributed by atoms with E-state index in [0.717, 1.165) is 21.2 Å². The lowest BCUT2D eigenvalue weighted by Crippen LogP contribution is -2.43. The van der Waals surface area contributed by atoms with Crippen LogP contribution >= 0.6 is 15.9 Å². The van der Waals surface area contributed by atoms with E-state index in [1.54, 1.807) is 47.6 Å². The van der Waals surface area contributed by atoms with Crippen LogP contribution in [0.3, 0.4) is 0 Å². The molecule has 2 heterocycles. The van der Waals surface area contributed by atoms with Gasteiger partial charge in [-0.2, -0.15) is 5.10 Å². The fraction of sp³-hybridized carbons (Fsp3) is 0.125. The third-order valence-electron chi connectivity index (χ3n) is 8.13. The predicted octanol–water partition coefficient (Wildman–Crippen LogP) is 6.25. The molecule has 3 aliphatic rings. The molecule has 4 aromatic rings. The lowest BCUT2D eigenvalue weighted by Gasteiger charge is -2.36. The molecule has 5 nitrogen and oxygen atoms in total. The van der Waals surface area contributed by atoms with Crippen molar-refractivity contribution in [3.05, 3.63) is 141 Å². The number of carbonyl (C=O) groups is 3. The molecular formula is C32H21BrN2O3. The number of benzene rings is 4. The lowest BCUT2D eigenvalue weighted by atomic mass is 9.63. The normalized spacial score (nSPS) is 22.3. The Bertz CT molecular complexity index is 1630. The van der Waals surface area contributed by atoms with Crippen molar-refractivity contribution in [2.45, 2.75) is 18.0 Å². The van der Waals surface area contributed by atoms with Crippen LogP contribution in [0.25, 0.3) is 0 Å². The number of halogens is 1. The van der Waals surface area contributed by atoms with Crippen LogP contribution in [0.2, 0.25) is 0 Å². The Hall–Kier alpha value is -4.16. The third kappa shape index (κ3) is 2.98. The van der Waals surface area contributed by atoms with Crippen molar-refractivity contribution in [1.82, 2.24) is 5.01 Å². The zero-order valence-corrected chi connectivity index (χ0v) is 21.7. The molecule has 1 fully saturated rings. The summed E-state index contributed by atoms with van der Waals surface area (Å²) < 4.78 is 0.868. The van der Waals surface area contributed by atoms with Crippen molar-refractivity contribution in [3.8, 4) is 0 Å². The molecule has 0 bridgehead atoms. The van der Waals surface area contributed by atoms with Gasteiger partial charge in [-0.25, -0.2) is 0 Å². The van der Waals surface area contributed by atoms with Gasteiger partial charge in [-0.3, -0.25) is 19.4 Å². The predicted molar refractivity (Wildman–Crippen MR) is 148 cm³/mol. The summed E-state index contributed by atoms with van der Waals surface area (Å²) in [4.78, 5) is 43.6. The Kier molecular flexibility index (Phi) is 5.10. The summed E-state index contributed by atoms with van der Waals surface area (Å²) in [5.74, 6) is -1.44. The second kappa shape index (κ2) is 8.43. The molecule has 7 rings (SSSR count). The molecule has 184 valence electrons. The van der Waals surface area contributed by atoms with E-state index in [4.69, 9.17) is 5.10 Å². The molecule has 0 N–H and O–H groups in total. The number of ketones is 3. The number of carbonyl (C=O) groups excluding carboxylic acids is 3. The molecule has 0 aromatic heterocycles. The van der Waals surface area contributed by atoms with Crippen molar-refractivity contribution < 1.29 is 14.4 Å². The van der Waals surface area contributed by atoms with E-state index >= 15 is 0 Å². The highest BCUT2D eigenvalue weighted by Crippen LogP contribution is 2.64. The van der Waals surface area contributed by atoms with Gasteiger partial charge in [0.15, 0.2) is 17.3 Å². The first-order valence-corrected chi connectivity index (χ1v) is 13.3. The molecule has 0 unspecified atom stereocenters. The Morgan fingerprint density at radius 2 is 1.37 bits per heavy atom. The van der Waals surface area contributed by atoms with Crippen molar-refractivity contribution in [2.75, 3.05) is 0 Å². The van der Waals surface area contributed by atoms with Crippen LogP contribution in [-0.2, 0) is 0 Å². The summed E-state index contributed by atoms with van der Waals surface area (Å²) in [5.41, 5.74) is 2.17. The largest absolute Gasteiger partial charge is 0.293 e. The van der Waals surface area contributed by atoms with E-state index in [0.29, 0.717) is 16.7 Å². The Morgan fingerprint density at radius 1 is 0.763 bits per heavy atom. The summed E-state index contributed by atoms with van der Waals surface area (Å²) in [6, 6.07) is 29.7. The average Bonchev–Trinajstić information content (AvgIpc) is 3.40. The highest BCUT2D eigenvalue weighted by Gasteiger charge is 2.72. The van der Waals surface area contributed by atoms with Gasteiger partial charge in [-0.1, -0.05) is 107 Å². The van der Waals surface area contributed by atoms with Gasteiger partial charge in [0, 0.05) is 27.1 Å². The van der Waals surface area contributed by atoms with Crippen LogP contribution < -0.4 is 0 Å². The molecule has 38 heavy (non-hydrogen) atoms. The summed E-state index contributed by atoms with van der Waals surface area (Å²) in [6.07, 6.45) is 1.73. The maximum absolute atomic E-state index is 14.6. The highest BCUT2D eigenvalue weighted by molar-refractivity contribution is 9.10. The molecule has 1 spiro atoms. The minimum absolute atomic E-state index is 0.173. The van der Waals surface area contributed by atoms with Crippen LogP contribution in [0, 0.1) is 5.41 Å². The molecule has 0 amide bonds. The summed E-state index contributed by atoms with van der Waals surface area (Å²) in [5, 5.41) is 6.51. The first-order valence-electron chi connectivity index (χ1n) is 12.5. The Balaban J connectivity index is 1.56. The molecule has 1 saturated heterocycles. The van der Waals surface area contributed by atoms with Gasteiger partial charge in [0.25, 0.3) is 0 Å². The van der Waals surface area contributed by atoms with Crippen LogP contribution in [-0.4, -0.2) is 34.6 Å². The van der Waals surface area contributed by atoms with Crippen LogP contribution in [0.4, 0.5) is 0 Å². The van der Waals surface area contributed by atoms with Crippen LogP contribution in [0.5, 0.6) is 0 Å². The second-order valence-electron chi connectivity index (χ2n) is 9.93. The monoisotopic (exact) mass is 560 g/mol. The van der Waals surface area contributed by atoms with Gasteiger partial charge >= 0.3 is 0 Å². The highest BCUT2D eigenvalue weighted by atomic mass is 79.9. The average molecular weight is 561 g/mol. The quantitative estimate of drug-likeness (QED) is 0.219. The van der Waals surface area contributed by atoms with Gasteiger partial charge in [-0.15, -0.1) is 0 Å². The molecule has 3 atom stereocenters. The number of hydrogen-bond acceptors (Lipinski definition) is 5. The van der Waals surface area contributed by atoms with Crippen LogP contribution in [0.1, 0.15) is 59.7 Å². The molecule has 0 radical (unpaired) electrons. The molecule has 0 saturated carbocycles. The van der Waals surface area contributed by atoms with E-state index in [1.807, 2.05) is 66.7 Å². The molecule has 6 heteroatoms. The topological polar surface area (TPSA) is 66.8 Å². The first kappa shape index (κ1) is 23.0. The molecule has 4 aromatic carbocycles. The lowest BCUT2D eigenvalue weighted by molar-refractivity contribution is 0.0586. The van der Waals surface area contributed by atoms with Gasteiger partial charge in [0.1, 0.15) is 11.5 Å². The summed E-state index contributed by atoms with van der Waals surface area (Å²) in [7, 11) is 0. The number of nitrogens with zero attached hydrogens (tertiary/aromatic N) is 2. The Morgan fingerprint density at radius 3 is 2.05 bits per heavy atom. The van der Waals surface area contributed by atoms with Gasteiger partial charge in [0.05, 0.1) is 12.3 Å². The third-order valence-corrected chi connectivity index (χ3v) is 8.66. The van der Waals surface area contributed by atoms with Gasteiger partial charge in [0.2, 0.25) is 0 Å². The van der Waals surface area contributed by atoms with Crippen molar-refractivity contribution in [3.63, 3.8) is 0 Å². The second-order valence-corrected chi connectivity index (χ2v) is 10.8. The summed E-state index contributed by atoms with van der Waals surface area (Å²) in [6.45, 7) is 0. The smallest absolute Gasteiger partial charge is 0.187 e. The number of rotatable bonds is 3. The minimum Gasteiger partial charge on any atom is -0.293 e. The van der Waals surface area contributed by atoms with E-state index < -0.39 is 23.4 Å². The zero-order valence-electron chi connectivity index (χ0n) is 20.1.